The highest BCUT2D eigenvalue weighted by molar-refractivity contribution is 6.60. The van der Waals surface area contributed by atoms with E-state index in [1.165, 1.54) is 0 Å². The van der Waals surface area contributed by atoms with E-state index in [0.29, 0.717) is 12.8 Å². The minimum atomic E-state index is -4.65. The van der Waals surface area contributed by atoms with Crippen LogP contribution in [0.25, 0.3) is 0 Å². The summed E-state index contributed by atoms with van der Waals surface area (Å²) in [6.45, 7) is -4.65. The standard InChI is InChI=1S/C10H11BF3/c12-11(13,14)10-7-6-9(10)8-4-2-1-3-5-8/h1-5,9-10H,6-7H2/q-1/t9-,10-/m1/s1. The van der Waals surface area contributed by atoms with Crippen LogP contribution in [0.3, 0.4) is 0 Å². The van der Waals surface area contributed by atoms with Crippen LogP contribution >= 0.6 is 0 Å². The smallest absolute Gasteiger partial charge is 0.449 e. The zero-order valence-electron chi connectivity index (χ0n) is 7.67. The first kappa shape index (κ1) is 9.62. The van der Waals surface area contributed by atoms with E-state index >= 15 is 0 Å². The number of hydrogen-bond acceptors (Lipinski definition) is 0. The van der Waals surface area contributed by atoms with E-state index in [0.717, 1.165) is 5.56 Å². The molecule has 0 spiro atoms. The summed E-state index contributed by atoms with van der Waals surface area (Å²) in [5.41, 5.74) is 0.836. The summed E-state index contributed by atoms with van der Waals surface area (Å²) >= 11 is 0. The van der Waals surface area contributed by atoms with Crippen LogP contribution in [0.1, 0.15) is 24.3 Å². The molecule has 0 N–H and O–H groups in total. The van der Waals surface area contributed by atoms with Crippen molar-refractivity contribution in [3.05, 3.63) is 35.9 Å². The largest absolute Gasteiger partial charge is 0.481 e. The van der Waals surface area contributed by atoms with Crippen molar-refractivity contribution in [3.63, 3.8) is 0 Å². The molecule has 14 heavy (non-hydrogen) atoms. The molecule has 0 heterocycles. The highest BCUT2D eigenvalue weighted by Gasteiger charge is 2.45. The molecule has 0 radical (unpaired) electrons. The van der Waals surface area contributed by atoms with Crippen molar-refractivity contribution in [1.29, 1.82) is 0 Å². The average Bonchev–Trinajstić information content (AvgIpc) is 2.00. The number of benzene rings is 1. The third kappa shape index (κ3) is 1.65. The Balaban J connectivity index is 2.15. The highest BCUT2D eigenvalue weighted by Crippen LogP contribution is 2.53. The van der Waals surface area contributed by atoms with Crippen LogP contribution in [0.2, 0.25) is 5.82 Å². The Labute approximate surface area is 81.2 Å². The van der Waals surface area contributed by atoms with Gasteiger partial charge in [0.1, 0.15) is 0 Å². The molecule has 0 saturated heterocycles. The first-order valence-electron chi connectivity index (χ1n) is 4.84. The second-order valence-electron chi connectivity index (χ2n) is 3.88. The van der Waals surface area contributed by atoms with E-state index in [4.69, 9.17) is 0 Å². The van der Waals surface area contributed by atoms with Gasteiger partial charge < -0.3 is 12.9 Å². The van der Waals surface area contributed by atoms with Gasteiger partial charge in [0.05, 0.1) is 0 Å². The normalized spacial score (nSPS) is 27.1. The van der Waals surface area contributed by atoms with Gasteiger partial charge in [0.15, 0.2) is 0 Å². The van der Waals surface area contributed by atoms with Crippen molar-refractivity contribution in [2.75, 3.05) is 0 Å². The lowest BCUT2D eigenvalue weighted by atomic mass is 9.53. The molecule has 2 rings (SSSR count). The molecule has 4 heteroatoms. The molecule has 0 bridgehead atoms. The van der Waals surface area contributed by atoms with Gasteiger partial charge in [-0.3, -0.25) is 0 Å². The van der Waals surface area contributed by atoms with Crippen LogP contribution in [0.15, 0.2) is 30.3 Å². The van der Waals surface area contributed by atoms with Gasteiger partial charge in [-0.05, 0) is 11.5 Å². The summed E-state index contributed by atoms with van der Waals surface area (Å²) in [7, 11) is 0. The molecule has 1 aliphatic rings. The molecule has 0 unspecified atom stereocenters. The van der Waals surface area contributed by atoms with E-state index in [9.17, 15) is 12.9 Å². The molecule has 1 aliphatic carbocycles. The van der Waals surface area contributed by atoms with Crippen molar-refractivity contribution < 1.29 is 12.9 Å². The summed E-state index contributed by atoms with van der Waals surface area (Å²) in [6.07, 6.45) is 0.985. The maximum Gasteiger partial charge on any atom is 0.481 e. The van der Waals surface area contributed by atoms with Gasteiger partial charge in [0.25, 0.3) is 0 Å². The summed E-state index contributed by atoms with van der Waals surface area (Å²) in [4.78, 5) is 0. The third-order valence-corrected chi connectivity index (χ3v) is 3.04. The Morgan fingerprint density at radius 2 is 1.64 bits per heavy atom. The van der Waals surface area contributed by atoms with Crippen LogP contribution in [0.5, 0.6) is 0 Å². The van der Waals surface area contributed by atoms with Crippen molar-refractivity contribution in [1.82, 2.24) is 0 Å². The lowest BCUT2D eigenvalue weighted by Crippen LogP contribution is -2.35. The Hall–Kier alpha value is -0.925. The van der Waals surface area contributed by atoms with Gasteiger partial charge in [0, 0.05) is 0 Å². The van der Waals surface area contributed by atoms with Gasteiger partial charge in [-0.15, -0.1) is 0 Å². The Kier molecular flexibility index (Phi) is 2.29. The molecule has 0 amide bonds. The van der Waals surface area contributed by atoms with Gasteiger partial charge in [-0.25, -0.2) is 0 Å². The first-order valence-corrected chi connectivity index (χ1v) is 4.84. The molecule has 1 aromatic rings. The van der Waals surface area contributed by atoms with Gasteiger partial charge in [-0.1, -0.05) is 49.0 Å². The molecular weight excluding hydrogens is 188 g/mol. The predicted molar refractivity (Wildman–Crippen MR) is 51.2 cm³/mol. The fraction of sp³-hybridized carbons (Fsp3) is 0.400. The van der Waals surface area contributed by atoms with Crippen LogP contribution in [0, 0.1) is 0 Å². The maximum absolute atomic E-state index is 12.5. The van der Waals surface area contributed by atoms with E-state index in [-0.39, 0.29) is 5.92 Å². The Morgan fingerprint density at radius 1 is 1.00 bits per heavy atom. The predicted octanol–water partition coefficient (Wildman–Crippen LogP) is 3.78. The van der Waals surface area contributed by atoms with Crippen LogP contribution in [-0.2, 0) is 0 Å². The van der Waals surface area contributed by atoms with E-state index < -0.39 is 12.8 Å². The SMILES string of the molecule is F[B-](F)(F)[C@@H]1CC[C@@H]1c1ccccc1. The highest BCUT2D eigenvalue weighted by atomic mass is 19.4. The molecule has 1 saturated carbocycles. The van der Waals surface area contributed by atoms with Crippen LogP contribution in [-0.4, -0.2) is 6.98 Å². The fourth-order valence-electron chi connectivity index (χ4n) is 2.09. The molecular formula is C10H11BF3-. The van der Waals surface area contributed by atoms with Crippen molar-refractivity contribution in [2.24, 2.45) is 0 Å². The van der Waals surface area contributed by atoms with Gasteiger partial charge in [-0.2, -0.15) is 0 Å². The fourth-order valence-corrected chi connectivity index (χ4v) is 2.09. The summed E-state index contributed by atoms with van der Waals surface area (Å²) in [6, 6.07) is 9.01. The van der Waals surface area contributed by atoms with E-state index in [1.807, 2.05) is 6.07 Å². The van der Waals surface area contributed by atoms with Crippen LogP contribution in [0.4, 0.5) is 12.9 Å². The number of rotatable bonds is 2. The maximum atomic E-state index is 12.5. The molecule has 1 fully saturated rings. The quantitative estimate of drug-likeness (QED) is 0.635. The lowest BCUT2D eigenvalue weighted by molar-refractivity contribution is 0.314. The minimum Gasteiger partial charge on any atom is -0.449 e. The van der Waals surface area contributed by atoms with E-state index in [2.05, 4.69) is 0 Å². The lowest BCUT2D eigenvalue weighted by Gasteiger charge is -2.43. The summed E-state index contributed by atoms with van der Waals surface area (Å²) in [5.74, 6) is -1.34. The summed E-state index contributed by atoms with van der Waals surface area (Å²) < 4.78 is 37.5. The molecule has 0 aromatic heterocycles. The van der Waals surface area contributed by atoms with Crippen LogP contribution < -0.4 is 0 Å². The third-order valence-electron chi connectivity index (χ3n) is 3.04. The van der Waals surface area contributed by atoms with Crippen molar-refractivity contribution in [2.45, 2.75) is 24.6 Å². The average molecular weight is 199 g/mol. The number of hydrogen-bond donors (Lipinski definition) is 0. The molecule has 1 aromatic carbocycles. The summed E-state index contributed by atoms with van der Waals surface area (Å²) in [5, 5.41) is 0. The second-order valence-corrected chi connectivity index (χ2v) is 3.88. The molecule has 76 valence electrons. The molecule has 2 atom stereocenters. The van der Waals surface area contributed by atoms with E-state index in [1.54, 1.807) is 24.3 Å². The zero-order valence-corrected chi connectivity index (χ0v) is 7.67. The Morgan fingerprint density at radius 3 is 2.07 bits per heavy atom. The topological polar surface area (TPSA) is 0 Å². The molecule has 0 aliphatic heterocycles. The van der Waals surface area contributed by atoms with Gasteiger partial charge >= 0.3 is 6.98 Å². The van der Waals surface area contributed by atoms with Gasteiger partial charge in [0.2, 0.25) is 0 Å². The second kappa shape index (κ2) is 3.33. The van der Waals surface area contributed by atoms with Crippen molar-refractivity contribution >= 4 is 6.98 Å². The Bertz CT molecular complexity index is 307. The monoisotopic (exact) mass is 199 g/mol. The van der Waals surface area contributed by atoms with Crippen molar-refractivity contribution in [3.8, 4) is 0 Å². The molecule has 0 nitrogen and oxygen atoms in total. The number of halogens is 3. The first-order chi connectivity index (χ1) is 6.59. The zero-order chi connectivity index (χ0) is 10.2. The minimum absolute atomic E-state index is 0.281.